The second-order valence-electron chi connectivity index (χ2n) is 9.26. The lowest BCUT2D eigenvalue weighted by atomic mass is 10.0. The van der Waals surface area contributed by atoms with Crippen LogP contribution >= 0.6 is 0 Å². The van der Waals surface area contributed by atoms with Gasteiger partial charge in [0.25, 0.3) is 0 Å². The minimum Gasteiger partial charge on any atom is -0.460 e. The molecule has 3 aromatic carbocycles. The average molecular weight is 530 g/mol. The average Bonchev–Trinajstić information content (AvgIpc) is 2.88. The molecule has 1 atom stereocenters. The molecule has 0 aliphatic carbocycles. The molecular weight excluding hydrogens is 507 g/mol. The van der Waals surface area contributed by atoms with Gasteiger partial charge < -0.3 is 9.47 Å². The van der Waals surface area contributed by atoms with Crippen molar-refractivity contribution in [1.29, 1.82) is 0 Å². The summed E-state index contributed by atoms with van der Waals surface area (Å²) >= 11 is 0. The highest BCUT2D eigenvalue weighted by atomic mass is 19.2. The zero-order chi connectivity index (χ0) is 28.0. The van der Waals surface area contributed by atoms with Crippen molar-refractivity contribution in [2.24, 2.45) is 5.92 Å². The number of hydrogen-bond donors (Lipinski definition) is 0. The Hall–Kier alpha value is -4.19. The van der Waals surface area contributed by atoms with E-state index in [0.717, 1.165) is 11.1 Å². The van der Waals surface area contributed by atoms with Crippen molar-refractivity contribution < 1.29 is 41.0 Å². The van der Waals surface area contributed by atoms with Gasteiger partial charge in [0.05, 0.1) is 12.3 Å². The van der Waals surface area contributed by atoms with Crippen molar-refractivity contribution in [2.75, 3.05) is 0 Å². The summed E-state index contributed by atoms with van der Waals surface area (Å²) in [4.78, 5) is 25.0. The molecule has 0 fully saturated rings. The van der Waals surface area contributed by atoms with Crippen molar-refractivity contribution in [3.05, 3.63) is 89.2 Å². The SMILES string of the molecule is CC(C)(C)OC(=O)CC(CC#Cc1ccc(-c2ccccc2)cc1)C(=O)Oc1c(F)c(F)c(F)c(F)c1F. The van der Waals surface area contributed by atoms with Crippen LogP contribution in [-0.2, 0) is 14.3 Å². The van der Waals surface area contributed by atoms with Gasteiger partial charge in [0.15, 0.2) is 0 Å². The summed E-state index contributed by atoms with van der Waals surface area (Å²) in [7, 11) is 0. The van der Waals surface area contributed by atoms with Crippen LogP contribution < -0.4 is 4.74 Å². The molecule has 3 rings (SSSR count). The van der Waals surface area contributed by atoms with E-state index in [0.29, 0.717) is 5.56 Å². The van der Waals surface area contributed by atoms with Crippen molar-refractivity contribution in [3.63, 3.8) is 0 Å². The Balaban J connectivity index is 1.82. The summed E-state index contributed by atoms with van der Waals surface area (Å²) in [5.41, 5.74) is 1.62. The Kier molecular flexibility index (Phi) is 8.89. The first-order valence-corrected chi connectivity index (χ1v) is 11.5. The van der Waals surface area contributed by atoms with Gasteiger partial charge in [-0.25, -0.2) is 13.2 Å². The monoisotopic (exact) mass is 530 g/mol. The van der Waals surface area contributed by atoms with Crippen LogP contribution in [0.2, 0.25) is 0 Å². The molecule has 0 radical (unpaired) electrons. The van der Waals surface area contributed by atoms with Crippen LogP contribution in [0.15, 0.2) is 54.6 Å². The van der Waals surface area contributed by atoms with Gasteiger partial charge in [0, 0.05) is 12.0 Å². The van der Waals surface area contributed by atoms with E-state index in [2.05, 4.69) is 16.6 Å². The largest absolute Gasteiger partial charge is 0.460 e. The maximum atomic E-state index is 14.0. The highest BCUT2D eigenvalue weighted by molar-refractivity contribution is 5.82. The van der Waals surface area contributed by atoms with Gasteiger partial charge >= 0.3 is 11.9 Å². The fourth-order valence-corrected chi connectivity index (χ4v) is 3.33. The lowest BCUT2D eigenvalue weighted by molar-refractivity contribution is -0.159. The molecule has 0 saturated carbocycles. The Labute approximate surface area is 216 Å². The Morgan fingerprint density at radius 1 is 0.789 bits per heavy atom. The fraction of sp³-hybridized carbons (Fsp3) is 0.241. The standard InChI is InChI=1S/C29H23F5O4/c1-29(2,3)38-21(35)16-20(28(36)37-27-25(33)23(31)22(30)24(32)26(27)34)11-7-8-17-12-14-19(15-13-17)18-9-5-4-6-10-18/h4-6,9-10,12-15,20H,11,16H2,1-3H3. The van der Waals surface area contributed by atoms with Gasteiger partial charge in [-0.15, -0.1) is 0 Å². The summed E-state index contributed by atoms with van der Waals surface area (Å²) in [6, 6.07) is 16.8. The van der Waals surface area contributed by atoms with Crippen molar-refractivity contribution in [2.45, 2.75) is 39.2 Å². The summed E-state index contributed by atoms with van der Waals surface area (Å²) in [6.07, 6.45) is -0.930. The minimum absolute atomic E-state index is 0.325. The number of hydrogen-bond acceptors (Lipinski definition) is 4. The van der Waals surface area contributed by atoms with E-state index in [1.165, 1.54) is 0 Å². The zero-order valence-electron chi connectivity index (χ0n) is 20.7. The molecule has 38 heavy (non-hydrogen) atoms. The van der Waals surface area contributed by atoms with Crippen LogP contribution in [0.4, 0.5) is 22.0 Å². The lowest BCUT2D eigenvalue weighted by Gasteiger charge is -2.21. The van der Waals surface area contributed by atoms with E-state index >= 15 is 0 Å². The van der Waals surface area contributed by atoms with E-state index in [9.17, 15) is 31.5 Å². The molecule has 9 heteroatoms. The Morgan fingerprint density at radius 3 is 1.87 bits per heavy atom. The molecule has 198 valence electrons. The van der Waals surface area contributed by atoms with E-state index in [1.54, 1.807) is 32.9 Å². The van der Waals surface area contributed by atoms with Crippen LogP contribution in [-0.4, -0.2) is 17.5 Å². The number of esters is 2. The number of benzene rings is 3. The minimum atomic E-state index is -2.39. The van der Waals surface area contributed by atoms with Gasteiger partial charge in [-0.1, -0.05) is 54.3 Å². The third-order valence-electron chi connectivity index (χ3n) is 5.11. The van der Waals surface area contributed by atoms with Crippen LogP contribution in [0.1, 0.15) is 39.2 Å². The van der Waals surface area contributed by atoms with Crippen LogP contribution in [0.3, 0.4) is 0 Å². The number of halogens is 5. The maximum Gasteiger partial charge on any atom is 0.316 e. The van der Waals surface area contributed by atoms with E-state index in [-0.39, 0.29) is 6.42 Å². The van der Waals surface area contributed by atoms with E-state index < -0.39 is 64.7 Å². The highest BCUT2D eigenvalue weighted by Gasteiger charge is 2.32. The first-order chi connectivity index (χ1) is 17.9. The van der Waals surface area contributed by atoms with Crippen LogP contribution in [0, 0.1) is 46.8 Å². The quantitative estimate of drug-likeness (QED) is 0.0884. The molecule has 0 aliphatic heterocycles. The Bertz CT molecular complexity index is 1360. The molecule has 0 aromatic heterocycles. The Morgan fingerprint density at radius 2 is 1.32 bits per heavy atom. The number of carbonyl (C=O) groups is 2. The molecule has 0 aliphatic rings. The fourth-order valence-electron chi connectivity index (χ4n) is 3.33. The first-order valence-electron chi connectivity index (χ1n) is 11.5. The van der Waals surface area contributed by atoms with Crippen molar-refractivity contribution >= 4 is 11.9 Å². The summed E-state index contributed by atoms with van der Waals surface area (Å²) in [5, 5.41) is 0. The highest BCUT2D eigenvalue weighted by Crippen LogP contribution is 2.30. The smallest absolute Gasteiger partial charge is 0.316 e. The van der Waals surface area contributed by atoms with Gasteiger partial charge in [0.2, 0.25) is 34.8 Å². The first kappa shape index (κ1) is 28.4. The van der Waals surface area contributed by atoms with E-state index in [4.69, 9.17) is 4.74 Å². The van der Waals surface area contributed by atoms with Gasteiger partial charge in [-0.3, -0.25) is 9.59 Å². The molecule has 0 amide bonds. The second kappa shape index (κ2) is 11.9. The molecule has 0 saturated heterocycles. The lowest BCUT2D eigenvalue weighted by Crippen LogP contribution is -2.29. The predicted molar refractivity (Wildman–Crippen MR) is 129 cm³/mol. The predicted octanol–water partition coefficient (Wildman–Crippen LogP) is 6.74. The molecule has 3 aromatic rings. The van der Waals surface area contributed by atoms with Gasteiger partial charge in [0.1, 0.15) is 5.60 Å². The summed E-state index contributed by atoms with van der Waals surface area (Å²) < 4.78 is 78.1. The number of ether oxygens (including phenoxy) is 2. The van der Waals surface area contributed by atoms with Gasteiger partial charge in [-0.2, -0.15) is 8.78 Å². The maximum absolute atomic E-state index is 14.0. The summed E-state index contributed by atoms with van der Waals surface area (Å²) in [6.45, 7) is 4.77. The molecule has 0 bridgehead atoms. The molecule has 4 nitrogen and oxygen atoms in total. The molecule has 1 unspecified atom stereocenters. The second-order valence-corrected chi connectivity index (χ2v) is 9.26. The molecule has 0 N–H and O–H groups in total. The third kappa shape index (κ3) is 7.19. The van der Waals surface area contributed by atoms with Crippen molar-refractivity contribution in [3.8, 4) is 28.7 Å². The normalized spacial score (nSPS) is 11.8. The van der Waals surface area contributed by atoms with Crippen LogP contribution in [0.25, 0.3) is 11.1 Å². The van der Waals surface area contributed by atoms with Crippen LogP contribution in [0.5, 0.6) is 5.75 Å². The molecule has 0 heterocycles. The topological polar surface area (TPSA) is 52.6 Å². The van der Waals surface area contributed by atoms with Crippen molar-refractivity contribution in [1.82, 2.24) is 0 Å². The third-order valence-corrected chi connectivity index (χ3v) is 5.11. The number of rotatable bonds is 6. The summed E-state index contributed by atoms with van der Waals surface area (Å²) in [5.74, 6) is -11.5. The number of carbonyl (C=O) groups excluding carboxylic acids is 2. The van der Waals surface area contributed by atoms with Gasteiger partial charge in [-0.05, 0) is 44.0 Å². The van der Waals surface area contributed by atoms with E-state index in [1.807, 2.05) is 42.5 Å². The molecule has 0 spiro atoms. The zero-order valence-corrected chi connectivity index (χ0v) is 20.7. The molecular formula is C29H23F5O4.